The van der Waals surface area contributed by atoms with Crippen LogP contribution in [-0.2, 0) is 14.3 Å². The summed E-state index contributed by atoms with van der Waals surface area (Å²) in [6.07, 6.45) is 1.36. The van der Waals surface area contributed by atoms with E-state index >= 15 is 0 Å². The van der Waals surface area contributed by atoms with Crippen molar-refractivity contribution in [2.24, 2.45) is 5.41 Å². The predicted molar refractivity (Wildman–Crippen MR) is 75.5 cm³/mol. The van der Waals surface area contributed by atoms with Crippen molar-refractivity contribution in [3.8, 4) is 0 Å². The van der Waals surface area contributed by atoms with E-state index in [4.69, 9.17) is 4.74 Å². The van der Waals surface area contributed by atoms with E-state index in [1.54, 1.807) is 0 Å². The van der Waals surface area contributed by atoms with Gasteiger partial charge in [0, 0.05) is 18.3 Å². The fraction of sp³-hybridized carbons (Fsp3) is 0.529. The van der Waals surface area contributed by atoms with Crippen LogP contribution in [0.4, 0.5) is 0 Å². The van der Waals surface area contributed by atoms with Gasteiger partial charge in [-0.05, 0) is 17.9 Å². The highest BCUT2D eigenvalue weighted by atomic mass is 16.5. The topological polar surface area (TPSA) is 43.4 Å². The molecule has 0 amide bonds. The van der Waals surface area contributed by atoms with E-state index in [-0.39, 0.29) is 23.9 Å². The van der Waals surface area contributed by atoms with Crippen molar-refractivity contribution in [2.45, 2.75) is 44.6 Å². The molecule has 1 aromatic carbocycles. The van der Waals surface area contributed by atoms with Gasteiger partial charge in [0.1, 0.15) is 11.4 Å². The first kappa shape index (κ1) is 13.5. The van der Waals surface area contributed by atoms with Crippen LogP contribution in [0.5, 0.6) is 0 Å². The van der Waals surface area contributed by atoms with Gasteiger partial charge in [-0.15, -0.1) is 0 Å². The summed E-state index contributed by atoms with van der Waals surface area (Å²) in [6.45, 7) is 4.12. The summed E-state index contributed by atoms with van der Waals surface area (Å²) in [6, 6.07) is 10.0. The largest absolute Gasteiger partial charge is 0.366 e. The van der Waals surface area contributed by atoms with Crippen molar-refractivity contribution >= 4 is 11.6 Å². The summed E-state index contributed by atoms with van der Waals surface area (Å²) in [5.74, 6) is 0.415. The Bertz CT molecular complexity index is 547. The third-order valence-electron chi connectivity index (χ3n) is 4.70. The van der Waals surface area contributed by atoms with Crippen LogP contribution < -0.4 is 0 Å². The highest BCUT2D eigenvalue weighted by molar-refractivity contribution is 5.98. The highest BCUT2D eigenvalue weighted by Gasteiger charge is 2.54. The Morgan fingerprint density at radius 3 is 2.45 bits per heavy atom. The minimum atomic E-state index is -0.854. The van der Waals surface area contributed by atoms with Crippen LogP contribution in [0.1, 0.15) is 44.6 Å². The van der Waals surface area contributed by atoms with Crippen molar-refractivity contribution < 1.29 is 14.3 Å². The molecule has 3 nitrogen and oxygen atoms in total. The third kappa shape index (κ3) is 2.10. The zero-order valence-corrected chi connectivity index (χ0v) is 12.0. The maximum absolute atomic E-state index is 12.4. The number of benzene rings is 1. The molecular formula is C17H20O3. The summed E-state index contributed by atoms with van der Waals surface area (Å²) in [5, 5.41) is 0. The van der Waals surface area contributed by atoms with Gasteiger partial charge >= 0.3 is 0 Å². The molecule has 3 heteroatoms. The molecule has 0 aromatic heterocycles. The van der Waals surface area contributed by atoms with Crippen LogP contribution in [0.2, 0.25) is 0 Å². The molecule has 2 fully saturated rings. The lowest BCUT2D eigenvalue weighted by molar-refractivity contribution is -0.168. The number of Topliss-reactive ketones (excluding diaryl/α,β-unsaturated/α-hetero) is 2. The first-order valence-corrected chi connectivity index (χ1v) is 7.18. The Hall–Kier alpha value is -1.48. The van der Waals surface area contributed by atoms with Gasteiger partial charge in [-0.25, -0.2) is 0 Å². The summed E-state index contributed by atoms with van der Waals surface area (Å²) in [7, 11) is 0. The van der Waals surface area contributed by atoms with Gasteiger partial charge in [-0.3, -0.25) is 9.59 Å². The molecule has 2 atom stereocenters. The quantitative estimate of drug-likeness (QED) is 0.789. The van der Waals surface area contributed by atoms with E-state index in [1.165, 1.54) is 5.56 Å². The van der Waals surface area contributed by atoms with Gasteiger partial charge in [-0.1, -0.05) is 44.2 Å². The fourth-order valence-corrected chi connectivity index (χ4v) is 3.21. The normalized spacial score (nSPS) is 32.8. The van der Waals surface area contributed by atoms with Crippen LogP contribution in [-0.4, -0.2) is 23.8 Å². The minimum Gasteiger partial charge on any atom is -0.366 e. The zero-order valence-electron chi connectivity index (χ0n) is 12.0. The van der Waals surface area contributed by atoms with E-state index in [2.05, 4.69) is 0 Å². The standard InChI is InChI=1S/C17H20O3/c1-16(2)11-20-17(10-15(16)19)9-13(8-14(17)18)12-6-4-3-5-7-12/h3-7,13H,8-11H2,1-2H3/t13-,17-/m1/s1. The summed E-state index contributed by atoms with van der Waals surface area (Å²) in [5.41, 5.74) is -0.151. The Labute approximate surface area is 119 Å². The van der Waals surface area contributed by atoms with Crippen molar-refractivity contribution in [3.05, 3.63) is 35.9 Å². The molecule has 1 saturated carbocycles. The average molecular weight is 272 g/mol. The Kier molecular flexibility index (Phi) is 3.05. The monoisotopic (exact) mass is 272 g/mol. The van der Waals surface area contributed by atoms with E-state index in [0.717, 1.165) is 0 Å². The van der Waals surface area contributed by atoms with Crippen LogP contribution in [0.3, 0.4) is 0 Å². The Balaban J connectivity index is 1.83. The number of ketones is 2. The second kappa shape index (κ2) is 4.52. The lowest BCUT2D eigenvalue weighted by Gasteiger charge is -2.39. The molecule has 1 saturated heterocycles. The number of rotatable bonds is 1. The van der Waals surface area contributed by atoms with E-state index < -0.39 is 11.0 Å². The van der Waals surface area contributed by atoms with Gasteiger partial charge < -0.3 is 4.74 Å². The molecule has 0 bridgehead atoms. The molecule has 1 aliphatic heterocycles. The average Bonchev–Trinajstić information content (AvgIpc) is 2.74. The van der Waals surface area contributed by atoms with Gasteiger partial charge in [0.25, 0.3) is 0 Å². The zero-order chi connectivity index (χ0) is 14.4. The summed E-state index contributed by atoms with van der Waals surface area (Å²) >= 11 is 0. The molecule has 20 heavy (non-hydrogen) atoms. The van der Waals surface area contributed by atoms with Crippen molar-refractivity contribution in [2.75, 3.05) is 6.61 Å². The van der Waals surface area contributed by atoms with Crippen LogP contribution in [0.25, 0.3) is 0 Å². The Morgan fingerprint density at radius 2 is 1.80 bits per heavy atom. The molecular weight excluding hydrogens is 252 g/mol. The number of ether oxygens (including phenoxy) is 1. The third-order valence-corrected chi connectivity index (χ3v) is 4.70. The van der Waals surface area contributed by atoms with Gasteiger partial charge in [0.05, 0.1) is 6.61 Å². The fourth-order valence-electron chi connectivity index (χ4n) is 3.21. The van der Waals surface area contributed by atoms with E-state index in [1.807, 2.05) is 44.2 Å². The maximum atomic E-state index is 12.4. The highest BCUT2D eigenvalue weighted by Crippen LogP contribution is 2.46. The summed E-state index contributed by atoms with van der Waals surface area (Å²) in [4.78, 5) is 24.6. The molecule has 0 N–H and O–H groups in total. The molecule has 1 aromatic rings. The number of hydrogen-bond acceptors (Lipinski definition) is 3. The molecule has 1 spiro atoms. The molecule has 2 aliphatic rings. The number of carbonyl (C=O) groups is 2. The number of carbonyl (C=O) groups excluding carboxylic acids is 2. The van der Waals surface area contributed by atoms with Gasteiger partial charge in [0.2, 0.25) is 0 Å². The van der Waals surface area contributed by atoms with E-state index in [0.29, 0.717) is 19.4 Å². The van der Waals surface area contributed by atoms with Crippen molar-refractivity contribution in [1.29, 1.82) is 0 Å². The SMILES string of the molecule is CC1(C)CO[C@@]2(CC1=O)C[C@H](c1ccccc1)CC2=O. The van der Waals surface area contributed by atoms with Crippen LogP contribution in [0, 0.1) is 5.41 Å². The first-order chi connectivity index (χ1) is 9.43. The van der Waals surface area contributed by atoms with Gasteiger partial charge in [-0.2, -0.15) is 0 Å². The molecule has 0 radical (unpaired) electrons. The van der Waals surface area contributed by atoms with Crippen LogP contribution >= 0.6 is 0 Å². The molecule has 3 rings (SSSR count). The van der Waals surface area contributed by atoms with Gasteiger partial charge in [0.15, 0.2) is 5.78 Å². The minimum absolute atomic E-state index is 0.0928. The molecule has 106 valence electrons. The number of hydrogen-bond donors (Lipinski definition) is 0. The van der Waals surface area contributed by atoms with E-state index in [9.17, 15) is 9.59 Å². The van der Waals surface area contributed by atoms with Crippen molar-refractivity contribution in [1.82, 2.24) is 0 Å². The molecule has 1 aliphatic carbocycles. The van der Waals surface area contributed by atoms with Crippen molar-refractivity contribution in [3.63, 3.8) is 0 Å². The maximum Gasteiger partial charge on any atom is 0.165 e. The summed E-state index contributed by atoms with van der Waals surface area (Å²) < 4.78 is 5.91. The first-order valence-electron chi connectivity index (χ1n) is 7.18. The lowest BCUT2D eigenvalue weighted by Crippen LogP contribution is -2.50. The lowest BCUT2D eigenvalue weighted by atomic mass is 9.77. The van der Waals surface area contributed by atoms with Crippen LogP contribution in [0.15, 0.2) is 30.3 Å². The molecule has 0 unspecified atom stereocenters. The second-order valence-corrected chi connectivity index (χ2v) is 6.71. The second-order valence-electron chi connectivity index (χ2n) is 6.71. The predicted octanol–water partition coefficient (Wildman–Crippen LogP) is 2.89. The Morgan fingerprint density at radius 1 is 1.10 bits per heavy atom. The smallest absolute Gasteiger partial charge is 0.165 e. The molecule has 1 heterocycles.